The molecule has 1 aromatic heterocycles. The molecule has 7 heteroatoms. The highest BCUT2D eigenvalue weighted by atomic mass is 19.1. The molecule has 2 heterocycles. The van der Waals surface area contributed by atoms with Crippen molar-refractivity contribution in [3.63, 3.8) is 0 Å². The Balaban J connectivity index is 1.93. The van der Waals surface area contributed by atoms with Gasteiger partial charge in [0.05, 0.1) is 0 Å². The van der Waals surface area contributed by atoms with E-state index < -0.39 is 5.82 Å². The van der Waals surface area contributed by atoms with Crippen LogP contribution in [0.2, 0.25) is 0 Å². The second-order valence-corrected chi connectivity index (χ2v) is 4.87. The number of aldehydes is 1. The molecule has 2 aromatic carbocycles. The van der Waals surface area contributed by atoms with E-state index in [1.807, 2.05) is 0 Å². The maximum absolute atomic E-state index is 14.1. The molecule has 0 atom stereocenters. The summed E-state index contributed by atoms with van der Waals surface area (Å²) in [7, 11) is 0. The summed E-state index contributed by atoms with van der Waals surface area (Å²) in [4.78, 5) is 11.3. The van der Waals surface area contributed by atoms with Gasteiger partial charge in [0.1, 0.15) is 17.2 Å². The van der Waals surface area contributed by atoms with Gasteiger partial charge in [0, 0.05) is 5.56 Å². The van der Waals surface area contributed by atoms with Crippen LogP contribution in [0.1, 0.15) is 10.5 Å². The SMILES string of the molecule is O=Cc1nnn(-c2ccccc2F)c1-c1ccc2c(c1)OCO2. The molecule has 1 aliphatic heterocycles. The standard InChI is InChI=1S/C16H10FN3O3/c17-11-3-1-2-4-13(11)20-16(12(8-21)18-19-20)10-5-6-14-15(7-10)23-9-22-14/h1-8H,9H2. The predicted octanol–water partition coefficient (Wildman–Crippen LogP) is 2.61. The first-order valence-corrected chi connectivity index (χ1v) is 6.84. The van der Waals surface area contributed by atoms with Gasteiger partial charge >= 0.3 is 0 Å². The van der Waals surface area contributed by atoms with Crippen molar-refractivity contribution in [1.29, 1.82) is 0 Å². The molecule has 4 rings (SSSR count). The summed E-state index contributed by atoms with van der Waals surface area (Å²) in [6, 6.07) is 11.3. The third-order valence-electron chi connectivity index (χ3n) is 3.53. The van der Waals surface area contributed by atoms with Crippen molar-refractivity contribution in [3.8, 4) is 28.4 Å². The summed E-state index contributed by atoms with van der Waals surface area (Å²) >= 11 is 0. The van der Waals surface area contributed by atoms with Crippen LogP contribution in [0.15, 0.2) is 42.5 Å². The van der Waals surface area contributed by atoms with E-state index in [1.165, 1.54) is 10.7 Å². The lowest BCUT2D eigenvalue weighted by Crippen LogP contribution is -2.02. The summed E-state index contributed by atoms with van der Waals surface area (Å²) in [5, 5.41) is 7.74. The molecule has 0 bridgehead atoms. The zero-order valence-corrected chi connectivity index (χ0v) is 11.8. The Bertz CT molecular complexity index is 907. The lowest BCUT2D eigenvalue weighted by atomic mass is 10.1. The molecule has 0 saturated carbocycles. The molecule has 3 aromatic rings. The zero-order valence-electron chi connectivity index (χ0n) is 11.8. The van der Waals surface area contributed by atoms with E-state index in [9.17, 15) is 9.18 Å². The van der Waals surface area contributed by atoms with E-state index in [0.717, 1.165) is 0 Å². The number of ether oxygens (including phenoxy) is 2. The monoisotopic (exact) mass is 311 g/mol. The fourth-order valence-electron chi connectivity index (χ4n) is 2.48. The number of carbonyl (C=O) groups excluding carboxylic acids is 1. The molecule has 6 nitrogen and oxygen atoms in total. The van der Waals surface area contributed by atoms with Crippen LogP contribution < -0.4 is 9.47 Å². The molecule has 0 amide bonds. The molecule has 23 heavy (non-hydrogen) atoms. The number of aromatic nitrogens is 3. The second kappa shape index (κ2) is 5.20. The van der Waals surface area contributed by atoms with Crippen molar-refractivity contribution in [2.45, 2.75) is 0 Å². The molecule has 0 N–H and O–H groups in total. The van der Waals surface area contributed by atoms with Gasteiger partial charge in [-0.25, -0.2) is 9.07 Å². The van der Waals surface area contributed by atoms with E-state index in [4.69, 9.17) is 9.47 Å². The second-order valence-electron chi connectivity index (χ2n) is 4.87. The minimum absolute atomic E-state index is 0.118. The summed E-state index contributed by atoms with van der Waals surface area (Å²) in [5.74, 6) is 0.712. The molecule has 0 spiro atoms. The van der Waals surface area contributed by atoms with Gasteiger partial charge in [0.15, 0.2) is 23.5 Å². The highest BCUT2D eigenvalue weighted by molar-refractivity contribution is 5.84. The molecule has 0 aliphatic carbocycles. The van der Waals surface area contributed by atoms with Crippen LogP contribution in [-0.2, 0) is 0 Å². The molecule has 1 aliphatic rings. The minimum atomic E-state index is -0.461. The average molecular weight is 311 g/mol. The quantitative estimate of drug-likeness (QED) is 0.696. The summed E-state index contributed by atoms with van der Waals surface area (Å²) in [6.45, 7) is 0.143. The Morgan fingerprint density at radius 2 is 1.96 bits per heavy atom. The molecule has 0 unspecified atom stereocenters. The third-order valence-corrected chi connectivity index (χ3v) is 3.53. The van der Waals surface area contributed by atoms with Crippen molar-refractivity contribution < 1.29 is 18.7 Å². The van der Waals surface area contributed by atoms with Gasteiger partial charge in [-0.05, 0) is 30.3 Å². The van der Waals surface area contributed by atoms with E-state index >= 15 is 0 Å². The topological polar surface area (TPSA) is 66.2 Å². The molecular formula is C16H10FN3O3. The molecular weight excluding hydrogens is 301 g/mol. The van der Waals surface area contributed by atoms with E-state index in [2.05, 4.69) is 10.3 Å². The van der Waals surface area contributed by atoms with Gasteiger partial charge < -0.3 is 9.47 Å². The Hall–Kier alpha value is -3.22. The summed E-state index contributed by atoms with van der Waals surface area (Å²) in [5.41, 5.74) is 1.35. The maximum Gasteiger partial charge on any atom is 0.231 e. The Labute approximate surface area is 130 Å². The highest BCUT2D eigenvalue weighted by Crippen LogP contribution is 2.37. The van der Waals surface area contributed by atoms with Crippen LogP contribution >= 0.6 is 0 Å². The van der Waals surface area contributed by atoms with Crippen LogP contribution in [0.5, 0.6) is 11.5 Å². The van der Waals surface area contributed by atoms with Crippen LogP contribution in [0.3, 0.4) is 0 Å². The Morgan fingerprint density at radius 3 is 2.78 bits per heavy atom. The van der Waals surface area contributed by atoms with Crippen molar-refractivity contribution in [2.75, 3.05) is 6.79 Å². The predicted molar refractivity (Wildman–Crippen MR) is 78.3 cm³/mol. The average Bonchev–Trinajstić information content (AvgIpc) is 3.20. The molecule has 114 valence electrons. The first kappa shape index (κ1) is 13.4. The number of rotatable bonds is 3. The minimum Gasteiger partial charge on any atom is -0.454 e. The number of fused-ring (bicyclic) bond motifs is 1. The fraction of sp³-hybridized carbons (Fsp3) is 0.0625. The van der Waals surface area contributed by atoms with Gasteiger partial charge in [0.25, 0.3) is 0 Å². The fourth-order valence-corrected chi connectivity index (χ4v) is 2.48. The van der Waals surface area contributed by atoms with Crippen LogP contribution in [-0.4, -0.2) is 28.1 Å². The van der Waals surface area contributed by atoms with Gasteiger partial charge in [-0.2, -0.15) is 0 Å². The van der Waals surface area contributed by atoms with Crippen molar-refractivity contribution in [3.05, 3.63) is 54.0 Å². The number of para-hydroxylation sites is 1. The van der Waals surface area contributed by atoms with Crippen LogP contribution in [0, 0.1) is 5.82 Å². The highest BCUT2D eigenvalue weighted by Gasteiger charge is 2.21. The van der Waals surface area contributed by atoms with E-state index in [1.54, 1.807) is 36.4 Å². The van der Waals surface area contributed by atoms with Gasteiger partial charge in [-0.1, -0.05) is 17.3 Å². The lowest BCUT2D eigenvalue weighted by molar-refractivity contribution is 0.111. The molecule has 0 radical (unpaired) electrons. The number of halogens is 1. The summed E-state index contributed by atoms with van der Waals surface area (Å²) in [6.07, 6.45) is 0.588. The van der Waals surface area contributed by atoms with Crippen molar-refractivity contribution in [1.82, 2.24) is 15.0 Å². The van der Waals surface area contributed by atoms with Crippen LogP contribution in [0.4, 0.5) is 4.39 Å². The largest absolute Gasteiger partial charge is 0.454 e. The molecule has 0 fully saturated rings. The number of hydrogen-bond donors (Lipinski definition) is 0. The van der Waals surface area contributed by atoms with Gasteiger partial charge in [-0.15, -0.1) is 5.10 Å². The number of hydrogen-bond acceptors (Lipinski definition) is 5. The van der Waals surface area contributed by atoms with E-state index in [-0.39, 0.29) is 18.2 Å². The number of benzene rings is 2. The van der Waals surface area contributed by atoms with Crippen molar-refractivity contribution >= 4 is 6.29 Å². The first-order chi connectivity index (χ1) is 11.3. The van der Waals surface area contributed by atoms with Gasteiger partial charge in [0.2, 0.25) is 6.79 Å². The Morgan fingerprint density at radius 1 is 1.13 bits per heavy atom. The van der Waals surface area contributed by atoms with Crippen molar-refractivity contribution in [2.24, 2.45) is 0 Å². The number of nitrogens with zero attached hydrogens (tertiary/aromatic N) is 3. The summed E-state index contributed by atoms with van der Waals surface area (Å²) < 4.78 is 26.0. The van der Waals surface area contributed by atoms with E-state index in [0.29, 0.717) is 29.0 Å². The zero-order chi connectivity index (χ0) is 15.8. The maximum atomic E-state index is 14.1. The van der Waals surface area contributed by atoms with Crippen LogP contribution in [0.25, 0.3) is 16.9 Å². The normalized spacial score (nSPS) is 12.4. The third kappa shape index (κ3) is 2.13. The smallest absolute Gasteiger partial charge is 0.231 e. The number of carbonyl (C=O) groups is 1. The molecule has 0 saturated heterocycles. The first-order valence-electron chi connectivity index (χ1n) is 6.84. The van der Waals surface area contributed by atoms with Gasteiger partial charge in [-0.3, -0.25) is 4.79 Å². The lowest BCUT2D eigenvalue weighted by Gasteiger charge is -2.08. The Kier molecular flexibility index (Phi) is 3.04.